The molecule has 0 radical (unpaired) electrons. The molecule has 0 spiro atoms. The van der Waals surface area contributed by atoms with Crippen LogP contribution in [0.5, 0.6) is 0 Å². The Labute approximate surface area is 437 Å². The molecule has 10 heteroatoms. The summed E-state index contributed by atoms with van der Waals surface area (Å²) < 4.78 is 30.2. The van der Waals surface area contributed by atoms with Crippen molar-refractivity contribution in [3.63, 3.8) is 0 Å². The molecule has 0 aromatic rings. The minimum atomic E-state index is -4.71. The van der Waals surface area contributed by atoms with E-state index in [2.05, 4.69) is 92.9 Å². The Bertz CT molecular complexity index is 1490. The second-order valence-electron chi connectivity index (χ2n) is 20.5. The highest BCUT2D eigenvalue weighted by Gasteiger charge is 2.27. The summed E-state index contributed by atoms with van der Waals surface area (Å²) in [7, 11) is 1.15. The van der Waals surface area contributed by atoms with E-state index in [-0.39, 0.29) is 24.9 Å². The van der Waals surface area contributed by atoms with E-state index in [4.69, 9.17) is 13.8 Å². The van der Waals surface area contributed by atoms with Gasteiger partial charge in [0.1, 0.15) is 19.3 Å². The standard InChI is InChI=1S/C61H109N2O7P/c1-7-10-13-16-19-22-25-28-29-30-31-32-33-36-38-41-44-47-50-53-60(64)62-58(57-69-71(66,67)68-56-55-63(4,5)6)59(52-49-46-43-40-37-34-26-23-20-17-14-11-8-2)70-61(65)54-51-48-45-42-39-35-27-24-21-18-15-12-9-3/h12,15,18-19,21-22,24,27-29,31-32,49,52,58-59H,7-11,13-14,16-17,20,23,25-26,30,33-48,50-51,53-57H2,1-6H3,(H-,62,64,66,67)/b15-12+,21-18+,22-19-,27-24-,29-28-,32-31-,52-49-. The van der Waals surface area contributed by atoms with E-state index in [9.17, 15) is 19.0 Å². The quantitative estimate of drug-likeness (QED) is 0.0161. The highest BCUT2D eigenvalue weighted by Crippen LogP contribution is 2.38. The number of ether oxygens (including phenoxy) is 1. The first-order valence-corrected chi connectivity index (χ1v) is 30.4. The second-order valence-corrected chi connectivity index (χ2v) is 21.9. The Hall–Kier alpha value is -2.81. The number of unbranched alkanes of at least 4 members (excludes halogenated alkanes) is 25. The van der Waals surface area contributed by atoms with Gasteiger partial charge in [-0.2, -0.15) is 0 Å². The van der Waals surface area contributed by atoms with Gasteiger partial charge < -0.3 is 28.5 Å². The van der Waals surface area contributed by atoms with Crippen molar-refractivity contribution in [2.75, 3.05) is 40.9 Å². The van der Waals surface area contributed by atoms with Crippen LogP contribution in [-0.4, -0.2) is 69.4 Å². The van der Waals surface area contributed by atoms with E-state index in [1.165, 1.54) is 83.5 Å². The smallest absolute Gasteiger partial charge is 0.306 e. The number of likely N-dealkylation sites (N-methyl/N-ethyl adjacent to an activating group) is 1. The third kappa shape index (κ3) is 51.9. The summed E-state index contributed by atoms with van der Waals surface area (Å²) in [5, 5.41) is 3.01. The minimum Gasteiger partial charge on any atom is -0.756 e. The van der Waals surface area contributed by atoms with Crippen molar-refractivity contribution in [1.82, 2.24) is 5.32 Å². The molecule has 0 aromatic heterocycles. The third-order valence-electron chi connectivity index (χ3n) is 12.4. The fourth-order valence-corrected chi connectivity index (χ4v) is 8.60. The number of carbonyl (C=O) groups excluding carboxylic acids is 2. The first-order chi connectivity index (χ1) is 34.4. The van der Waals surface area contributed by atoms with Gasteiger partial charge in [-0.15, -0.1) is 0 Å². The first kappa shape index (κ1) is 68.2. The number of phosphoric acid groups is 1. The molecule has 0 heterocycles. The molecular formula is C61H109N2O7P. The molecule has 0 saturated carbocycles. The van der Waals surface area contributed by atoms with Gasteiger partial charge in [0.2, 0.25) is 5.91 Å². The van der Waals surface area contributed by atoms with Gasteiger partial charge in [0.25, 0.3) is 7.82 Å². The number of nitrogens with zero attached hydrogens (tertiary/aromatic N) is 1. The number of phosphoric ester groups is 1. The zero-order valence-corrected chi connectivity index (χ0v) is 47.5. The SMILES string of the molecule is CC/C=C/C=C/C=C\CCCCCCCC(=O)OC(/C=C\CCCCCCCCCCCCC)C(COP(=O)([O-])OCC[N+](C)(C)C)NC(=O)CCCCCCCC/C=C\C/C=C\C/C=C\CCCCC. The van der Waals surface area contributed by atoms with E-state index in [0.717, 1.165) is 116 Å². The normalized spacial score (nSPS) is 14.4. The Morgan fingerprint density at radius 3 is 1.49 bits per heavy atom. The summed E-state index contributed by atoms with van der Waals surface area (Å²) in [5.41, 5.74) is 0. The number of hydrogen-bond acceptors (Lipinski definition) is 7. The van der Waals surface area contributed by atoms with Gasteiger partial charge in [0, 0.05) is 12.8 Å². The average molecular weight is 1010 g/mol. The van der Waals surface area contributed by atoms with Crippen LogP contribution >= 0.6 is 7.82 Å². The highest BCUT2D eigenvalue weighted by atomic mass is 31.2. The lowest BCUT2D eigenvalue weighted by Crippen LogP contribution is -2.47. The van der Waals surface area contributed by atoms with Gasteiger partial charge in [-0.05, 0) is 89.5 Å². The number of carbonyl (C=O) groups is 2. The Kier molecular flexibility index (Phi) is 48.7. The Morgan fingerprint density at radius 1 is 0.521 bits per heavy atom. The molecule has 0 saturated heterocycles. The van der Waals surface area contributed by atoms with Crippen LogP contribution in [0.15, 0.2) is 85.1 Å². The van der Waals surface area contributed by atoms with Crippen molar-refractivity contribution in [1.29, 1.82) is 0 Å². The molecule has 1 N–H and O–H groups in total. The molecule has 0 aromatic carbocycles. The van der Waals surface area contributed by atoms with Crippen LogP contribution in [0.4, 0.5) is 0 Å². The topological polar surface area (TPSA) is 114 Å². The maximum Gasteiger partial charge on any atom is 0.306 e. The predicted octanol–water partition coefficient (Wildman–Crippen LogP) is 16.8. The van der Waals surface area contributed by atoms with E-state index in [0.29, 0.717) is 23.9 Å². The van der Waals surface area contributed by atoms with Crippen LogP contribution in [0.3, 0.4) is 0 Å². The molecule has 1 amide bonds. The zero-order chi connectivity index (χ0) is 52.2. The monoisotopic (exact) mass is 1010 g/mol. The molecule has 3 unspecified atom stereocenters. The highest BCUT2D eigenvalue weighted by molar-refractivity contribution is 7.45. The summed E-state index contributed by atoms with van der Waals surface area (Å²) in [6.07, 6.45) is 65.4. The molecule has 0 aliphatic carbocycles. The van der Waals surface area contributed by atoms with E-state index >= 15 is 0 Å². The Morgan fingerprint density at radius 2 is 0.958 bits per heavy atom. The lowest BCUT2D eigenvalue weighted by molar-refractivity contribution is -0.870. The largest absolute Gasteiger partial charge is 0.756 e. The van der Waals surface area contributed by atoms with Crippen molar-refractivity contribution in [2.45, 2.75) is 251 Å². The Balaban J connectivity index is 5.39. The van der Waals surface area contributed by atoms with Crippen LogP contribution < -0.4 is 10.2 Å². The lowest BCUT2D eigenvalue weighted by atomic mass is 10.0. The van der Waals surface area contributed by atoms with Crippen LogP contribution in [-0.2, 0) is 27.9 Å². The van der Waals surface area contributed by atoms with Crippen molar-refractivity contribution < 1.29 is 37.3 Å². The van der Waals surface area contributed by atoms with Crippen molar-refractivity contribution >= 4 is 19.7 Å². The average Bonchev–Trinajstić information content (AvgIpc) is 3.33. The number of hydrogen-bond donors (Lipinski definition) is 1. The number of quaternary nitrogens is 1. The number of nitrogens with one attached hydrogen (secondary N) is 1. The summed E-state index contributed by atoms with van der Waals surface area (Å²) in [6, 6.07) is -0.907. The fourth-order valence-electron chi connectivity index (χ4n) is 7.88. The molecule has 410 valence electrons. The zero-order valence-electron chi connectivity index (χ0n) is 46.7. The van der Waals surface area contributed by atoms with E-state index < -0.39 is 26.6 Å². The fraction of sp³-hybridized carbons (Fsp3) is 0.738. The maximum atomic E-state index is 13.5. The molecular weight excluding hydrogens is 904 g/mol. The first-order valence-electron chi connectivity index (χ1n) is 28.9. The molecule has 3 atom stereocenters. The summed E-state index contributed by atoms with van der Waals surface area (Å²) >= 11 is 0. The molecule has 0 aliphatic rings. The van der Waals surface area contributed by atoms with Crippen LogP contribution in [0.25, 0.3) is 0 Å². The lowest BCUT2D eigenvalue weighted by Gasteiger charge is -2.30. The van der Waals surface area contributed by atoms with Crippen LogP contribution in [0.2, 0.25) is 0 Å². The molecule has 0 aliphatic heterocycles. The van der Waals surface area contributed by atoms with Gasteiger partial charge in [-0.1, -0.05) is 222 Å². The maximum absolute atomic E-state index is 13.5. The van der Waals surface area contributed by atoms with E-state index in [1.54, 1.807) is 0 Å². The second kappa shape index (κ2) is 50.7. The number of amides is 1. The third-order valence-corrected chi connectivity index (χ3v) is 13.3. The molecule has 71 heavy (non-hydrogen) atoms. The number of allylic oxidation sites excluding steroid dienone is 13. The summed E-state index contributed by atoms with van der Waals surface area (Å²) in [5.74, 6) is -0.583. The molecule has 0 rings (SSSR count). The number of rotatable bonds is 51. The number of esters is 1. The van der Waals surface area contributed by atoms with Crippen LogP contribution in [0.1, 0.15) is 239 Å². The van der Waals surface area contributed by atoms with Crippen molar-refractivity contribution in [3.05, 3.63) is 85.1 Å². The van der Waals surface area contributed by atoms with Gasteiger partial charge in [0.05, 0.1) is 33.8 Å². The summed E-state index contributed by atoms with van der Waals surface area (Å²) in [4.78, 5) is 39.9. The molecule has 0 bridgehead atoms. The van der Waals surface area contributed by atoms with Crippen molar-refractivity contribution in [2.24, 2.45) is 0 Å². The van der Waals surface area contributed by atoms with Crippen LogP contribution in [0, 0.1) is 0 Å². The van der Waals surface area contributed by atoms with E-state index in [1.807, 2.05) is 39.4 Å². The van der Waals surface area contributed by atoms with Gasteiger partial charge in [-0.25, -0.2) is 0 Å². The van der Waals surface area contributed by atoms with Gasteiger partial charge in [0.15, 0.2) is 0 Å². The van der Waals surface area contributed by atoms with Gasteiger partial charge in [-0.3, -0.25) is 14.2 Å². The van der Waals surface area contributed by atoms with Gasteiger partial charge >= 0.3 is 5.97 Å². The predicted molar refractivity (Wildman–Crippen MR) is 302 cm³/mol. The van der Waals surface area contributed by atoms with Crippen molar-refractivity contribution in [3.8, 4) is 0 Å². The molecule has 9 nitrogen and oxygen atoms in total. The minimum absolute atomic E-state index is 0.0323. The molecule has 0 fully saturated rings. The summed E-state index contributed by atoms with van der Waals surface area (Å²) in [6.45, 7) is 6.65.